The summed E-state index contributed by atoms with van der Waals surface area (Å²) in [5.74, 6) is -0.0743. The first-order valence-corrected chi connectivity index (χ1v) is 13.9. The van der Waals surface area contributed by atoms with Crippen LogP contribution in [-0.2, 0) is 16.6 Å². The second-order valence-corrected chi connectivity index (χ2v) is 11.7. The van der Waals surface area contributed by atoms with Crippen molar-refractivity contribution in [1.82, 2.24) is 13.8 Å². The van der Waals surface area contributed by atoms with E-state index in [4.69, 9.17) is 0 Å². The van der Waals surface area contributed by atoms with Crippen LogP contribution in [0.5, 0.6) is 0 Å². The molecule has 0 aliphatic carbocycles. The molecule has 7 heteroatoms. The maximum atomic E-state index is 13.3. The van der Waals surface area contributed by atoms with Crippen LogP contribution in [0.15, 0.2) is 77.4 Å². The number of fused-ring (bicyclic) bond motifs is 2. The molecule has 0 unspecified atom stereocenters. The summed E-state index contributed by atoms with van der Waals surface area (Å²) in [5.41, 5.74) is 2.88. The van der Waals surface area contributed by atoms with Crippen molar-refractivity contribution in [2.75, 3.05) is 39.0 Å². The van der Waals surface area contributed by atoms with Crippen LogP contribution in [0.1, 0.15) is 11.1 Å². The average Bonchev–Trinajstić information content (AvgIpc) is 3.19. The van der Waals surface area contributed by atoms with E-state index in [0.717, 1.165) is 70.0 Å². The third-order valence-electron chi connectivity index (χ3n) is 6.55. The third kappa shape index (κ3) is 4.70. The molecular formula is C27H28BrN3O2S. The number of piperazine rings is 1. The molecule has 5 rings (SSSR count). The maximum absolute atomic E-state index is 13.3. The molecule has 5 nitrogen and oxygen atoms in total. The second kappa shape index (κ2) is 9.66. The number of hydrogen-bond donors (Lipinski definition) is 0. The van der Waals surface area contributed by atoms with Gasteiger partial charge in [-0.1, -0.05) is 66.7 Å². The van der Waals surface area contributed by atoms with Crippen molar-refractivity contribution in [1.29, 1.82) is 0 Å². The number of hydrogen-bond acceptors (Lipinski definition) is 4. The molecule has 1 saturated heterocycles. The normalized spacial score (nSPS) is 16.2. The summed E-state index contributed by atoms with van der Waals surface area (Å²) >= 11 is 3.64. The van der Waals surface area contributed by atoms with Gasteiger partial charge in [-0.2, -0.15) is 0 Å². The van der Waals surface area contributed by atoms with Gasteiger partial charge in [0.1, 0.15) is 0 Å². The van der Waals surface area contributed by atoms with Crippen LogP contribution in [0.2, 0.25) is 0 Å². The molecule has 3 aromatic carbocycles. The zero-order valence-corrected chi connectivity index (χ0v) is 21.6. The molecule has 0 atom stereocenters. The highest BCUT2D eigenvalue weighted by Crippen LogP contribution is 2.32. The Bertz CT molecular complexity index is 1460. The van der Waals surface area contributed by atoms with E-state index in [-0.39, 0.29) is 5.75 Å². The lowest BCUT2D eigenvalue weighted by molar-refractivity contribution is 0.148. The number of likely N-dealkylation sites (N-methyl/N-ethyl adjacent to an activating group) is 1. The molecule has 0 bridgehead atoms. The minimum absolute atomic E-state index is 0.0743. The van der Waals surface area contributed by atoms with E-state index < -0.39 is 10.0 Å². The highest BCUT2D eigenvalue weighted by Gasteiger charge is 2.21. The van der Waals surface area contributed by atoms with E-state index in [1.165, 1.54) is 3.97 Å². The van der Waals surface area contributed by atoms with Crippen LogP contribution in [-0.4, -0.2) is 61.2 Å². The number of aromatic nitrogens is 1. The molecule has 1 aliphatic rings. The van der Waals surface area contributed by atoms with Crippen molar-refractivity contribution in [3.63, 3.8) is 0 Å². The van der Waals surface area contributed by atoms with Gasteiger partial charge in [-0.3, -0.25) is 4.90 Å². The molecular weight excluding hydrogens is 510 g/mol. The third-order valence-corrected chi connectivity index (χ3v) is 8.67. The lowest BCUT2D eigenvalue weighted by Gasteiger charge is -2.32. The number of nitrogens with zero attached hydrogens (tertiary/aromatic N) is 3. The van der Waals surface area contributed by atoms with Crippen LogP contribution >= 0.6 is 15.9 Å². The highest BCUT2D eigenvalue weighted by atomic mass is 79.9. The molecule has 1 fully saturated rings. The Morgan fingerprint density at radius 3 is 2.50 bits per heavy atom. The molecule has 0 amide bonds. The summed E-state index contributed by atoms with van der Waals surface area (Å²) in [7, 11) is -1.42. The topological polar surface area (TPSA) is 45.5 Å². The van der Waals surface area contributed by atoms with Crippen LogP contribution in [0.25, 0.3) is 27.8 Å². The van der Waals surface area contributed by atoms with Gasteiger partial charge in [0.25, 0.3) is 0 Å². The van der Waals surface area contributed by atoms with Gasteiger partial charge in [0.15, 0.2) is 0 Å². The molecule has 0 radical (unpaired) electrons. The Labute approximate surface area is 209 Å². The standard InChI is InChI=1S/C27H28BrN3O2S/c1-29-14-16-30(17-15-29)19-23-10-5-13-26-27(23)25(28)20-31(26)34(32,33)18-6-11-22-9-4-8-21-7-2-3-12-24(21)22/h2-13,20H,14-19H2,1H3. The molecule has 1 aliphatic heterocycles. The van der Waals surface area contributed by atoms with Crippen molar-refractivity contribution >= 4 is 53.7 Å². The summed E-state index contributed by atoms with van der Waals surface area (Å²) in [4.78, 5) is 4.77. The van der Waals surface area contributed by atoms with Crippen molar-refractivity contribution < 1.29 is 8.42 Å². The molecule has 2 heterocycles. The molecule has 34 heavy (non-hydrogen) atoms. The summed E-state index contributed by atoms with van der Waals surface area (Å²) in [6, 6.07) is 20.1. The second-order valence-electron chi connectivity index (χ2n) is 8.91. The Kier molecular flexibility index (Phi) is 6.62. The fraction of sp³-hybridized carbons (Fsp3) is 0.259. The van der Waals surface area contributed by atoms with Gasteiger partial charge in [-0.15, -0.1) is 0 Å². The van der Waals surface area contributed by atoms with Crippen molar-refractivity contribution in [2.45, 2.75) is 6.54 Å². The van der Waals surface area contributed by atoms with E-state index in [9.17, 15) is 8.42 Å². The lowest BCUT2D eigenvalue weighted by Crippen LogP contribution is -2.43. The molecule has 0 N–H and O–H groups in total. The van der Waals surface area contributed by atoms with Gasteiger partial charge in [-0.25, -0.2) is 12.4 Å². The van der Waals surface area contributed by atoms with Crippen molar-refractivity contribution in [3.8, 4) is 0 Å². The molecule has 176 valence electrons. The van der Waals surface area contributed by atoms with Gasteiger partial charge < -0.3 is 4.90 Å². The zero-order valence-electron chi connectivity index (χ0n) is 19.2. The highest BCUT2D eigenvalue weighted by molar-refractivity contribution is 9.10. The molecule has 1 aromatic heterocycles. The van der Waals surface area contributed by atoms with Crippen LogP contribution in [0, 0.1) is 0 Å². The van der Waals surface area contributed by atoms with Crippen molar-refractivity contribution in [3.05, 3.63) is 88.5 Å². The van der Waals surface area contributed by atoms with Crippen LogP contribution < -0.4 is 0 Å². The summed E-state index contributed by atoms with van der Waals surface area (Å²) in [6.07, 6.45) is 5.34. The quantitative estimate of drug-likeness (QED) is 0.339. The molecule has 0 saturated carbocycles. The van der Waals surface area contributed by atoms with Gasteiger partial charge in [-0.05, 0) is 50.9 Å². The number of rotatable bonds is 6. The monoisotopic (exact) mass is 537 g/mol. The Morgan fingerprint density at radius 2 is 1.68 bits per heavy atom. The summed E-state index contributed by atoms with van der Waals surface area (Å²) < 4.78 is 28.9. The number of benzene rings is 3. The van der Waals surface area contributed by atoms with E-state index in [0.29, 0.717) is 0 Å². The number of halogens is 1. The molecule has 0 spiro atoms. The van der Waals surface area contributed by atoms with E-state index in [2.05, 4.69) is 57.0 Å². The maximum Gasteiger partial charge on any atom is 0.242 e. The van der Waals surface area contributed by atoms with E-state index in [1.54, 1.807) is 12.3 Å². The lowest BCUT2D eigenvalue weighted by atomic mass is 10.0. The predicted octanol–water partition coefficient (Wildman–Crippen LogP) is 5.20. The van der Waals surface area contributed by atoms with E-state index in [1.807, 2.05) is 42.5 Å². The minimum atomic E-state index is -3.57. The smallest absolute Gasteiger partial charge is 0.242 e. The van der Waals surface area contributed by atoms with Gasteiger partial charge in [0.2, 0.25) is 10.0 Å². The molecule has 4 aromatic rings. The summed E-state index contributed by atoms with van der Waals surface area (Å²) in [6.45, 7) is 4.95. The Hall–Kier alpha value is -2.45. The van der Waals surface area contributed by atoms with Gasteiger partial charge in [0.05, 0.1) is 11.3 Å². The van der Waals surface area contributed by atoms with Gasteiger partial charge >= 0.3 is 0 Å². The Morgan fingerprint density at radius 1 is 0.941 bits per heavy atom. The largest absolute Gasteiger partial charge is 0.304 e. The summed E-state index contributed by atoms with van der Waals surface area (Å²) in [5, 5.41) is 3.23. The van der Waals surface area contributed by atoms with Crippen molar-refractivity contribution in [2.24, 2.45) is 0 Å². The Balaban J connectivity index is 1.41. The first kappa shape index (κ1) is 23.3. The fourth-order valence-corrected chi connectivity index (χ4v) is 6.68. The van der Waals surface area contributed by atoms with Crippen LogP contribution in [0.3, 0.4) is 0 Å². The van der Waals surface area contributed by atoms with E-state index >= 15 is 0 Å². The zero-order chi connectivity index (χ0) is 23.7. The SMILES string of the molecule is CN1CCN(Cc2cccc3c2c(Br)cn3S(=O)(=O)CC=Cc2cccc3ccccc23)CC1. The minimum Gasteiger partial charge on any atom is -0.304 e. The first-order valence-electron chi connectivity index (χ1n) is 11.5. The first-order chi connectivity index (χ1) is 16.4. The average molecular weight is 539 g/mol. The van der Waals surface area contributed by atoms with Gasteiger partial charge in [0, 0.05) is 48.8 Å². The van der Waals surface area contributed by atoms with Crippen LogP contribution in [0.4, 0.5) is 0 Å². The predicted molar refractivity (Wildman–Crippen MR) is 145 cm³/mol. The fourth-order valence-electron chi connectivity index (χ4n) is 4.66.